The van der Waals surface area contributed by atoms with Crippen molar-refractivity contribution in [2.45, 2.75) is 0 Å². The smallest absolute Gasteiger partial charge is 0.160 e. The molecule has 0 aliphatic carbocycles. The predicted molar refractivity (Wildman–Crippen MR) is 464 cm³/mol. The van der Waals surface area contributed by atoms with Crippen molar-refractivity contribution in [2.24, 2.45) is 0 Å². The zero-order valence-electron chi connectivity index (χ0n) is 61.0. The summed E-state index contributed by atoms with van der Waals surface area (Å²) in [6, 6.07) is 143. The van der Waals surface area contributed by atoms with E-state index in [0.717, 1.165) is 150 Å². The molecule has 0 spiro atoms. The summed E-state index contributed by atoms with van der Waals surface area (Å²) in [5.74, 6) is 0.711. The Bertz CT molecular complexity index is 6290. The van der Waals surface area contributed by atoms with Gasteiger partial charge in [0, 0.05) is 72.5 Å². The minimum atomic E-state index is 0.711. The molecule has 0 aliphatic heterocycles. The highest BCUT2D eigenvalue weighted by atomic mass is 14.9. The van der Waals surface area contributed by atoms with Crippen molar-refractivity contribution in [2.75, 3.05) is 0 Å². The van der Waals surface area contributed by atoms with Gasteiger partial charge in [0.15, 0.2) is 5.82 Å². The van der Waals surface area contributed by atoms with Crippen molar-refractivity contribution < 1.29 is 0 Å². The number of aromatic nitrogens is 7. The Hall–Kier alpha value is -15.1. The first-order valence-electron chi connectivity index (χ1n) is 37.7. The van der Waals surface area contributed by atoms with E-state index in [1.807, 2.05) is 72.8 Å². The molecule has 20 rings (SSSR count). The van der Waals surface area contributed by atoms with E-state index in [-0.39, 0.29) is 0 Å². The number of para-hydroxylation sites is 2. The lowest BCUT2D eigenvalue weighted by Crippen LogP contribution is -1.95. The third-order valence-electron chi connectivity index (χ3n) is 20.9. The van der Waals surface area contributed by atoms with E-state index in [0.29, 0.717) is 5.82 Å². The minimum Gasteiger partial charge on any atom is -0.255 e. The van der Waals surface area contributed by atoms with Crippen molar-refractivity contribution in [3.05, 3.63) is 419 Å². The SMILES string of the molecule is c1ccc(-c2cc(-c3ccc(-c4cccc(-c5cccc6c(-c7ccccc7-c7ccccc7)nc7ccccc7c56)c4)cc3)nc(-c3ccccc3)n2)cc1.c1ccc(-c2ccccc2-c2nc3ccccc3c3c(-c4cccc(-c5ccc(-c6cc(-c7ccccn7)nc(-c7ccccn7)c6)cc5)c4)cccc23)cc1. The van der Waals surface area contributed by atoms with Crippen LogP contribution in [0.4, 0.5) is 0 Å². The van der Waals surface area contributed by atoms with E-state index in [9.17, 15) is 0 Å². The Morgan fingerprint density at radius 1 is 0.152 bits per heavy atom. The molecule has 0 atom stereocenters. The predicted octanol–water partition coefficient (Wildman–Crippen LogP) is 27.1. The van der Waals surface area contributed by atoms with Gasteiger partial charge in [-0.25, -0.2) is 24.9 Å². The van der Waals surface area contributed by atoms with Gasteiger partial charge in [0.2, 0.25) is 0 Å². The summed E-state index contributed by atoms with van der Waals surface area (Å²) in [6.07, 6.45) is 3.60. The number of nitrogens with zero attached hydrogens (tertiary/aromatic N) is 7. The summed E-state index contributed by atoms with van der Waals surface area (Å²) in [6.45, 7) is 0. The number of benzene rings is 14. The van der Waals surface area contributed by atoms with Crippen LogP contribution in [0.3, 0.4) is 0 Å². The molecule has 0 radical (unpaired) electrons. The standard InChI is InChI=1S/C53H35N3.C52H34N4/c1-4-16-37(17-5-1)43-24-10-11-25-45(43)52-47-28-15-27-44(51(47)46-26-12-13-29-48(46)54-52)42-23-14-22-41(34-42)36-30-32-39(33-31-36)50-35-49(38-18-6-2-7-19-38)55-53(56-50)40-20-8-3-9-21-40;1-2-14-37(15-3-1)41-18-4-5-19-43(41)52-45-22-13-21-42(51(45)44-20-6-7-23-46(44)56-52)39-17-12-16-38(32-39)35-26-28-36(29-27-35)40-33-49(47-24-8-10-30-53-47)55-50(34-40)48-25-9-11-31-54-48/h1-35H;1-34H. The summed E-state index contributed by atoms with van der Waals surface area (Å²) < 4.78 is 0. The van der Waals surface area contributed by atoms with Gasteiger partial charge in [-0.15, -0.1) is 0 Å². The molecule has 0 aliphatic rings. The fourth-order valence-corrected chi connectivity index (χ4v) is 15.5. The van der Waals surface area contributed by atoms with Crippen LogP contribution in [-0.2, 0) is 0 Å². The molecule has 0 bridgehead atoms. The van der Waals surface area contributed by atoms with Gasteiger partial charge in [0.1, 0.15) is 0 Å². The van der Waals surface area contributed by atoms with Crippen molar-refractivity contribution in [3.8, 4) is 157 Å². The monoisotopic (exact) mass is 1430 g/mol. The maximum Gasteiger partial charge on any atom is 0.160 e. The molecule has 14 aromatic carbocycles. The van der Waals surface area contributed by atoms with E-state index in [2.05, 4.69) is 344 Å². The minimum absolute atomic E-state index is 0.711. The average Bonchev–Trinajstić information content (AvgIpc) is 0.744. The number of rotatable bonds is 14. The van der Waals surface area contributed by atoms with Gasteiger partial charge < -0.3 is 0 Å². The molecule has 112 heavy (non-hydrogen) atoms. The highest BCUT2D eigenvalue weighted by Crippen LogP contribution is 2.45. The van der Waals surface area contributed by atoms with Gasteiger partial charge in [0.05, 0.1) is 56.6 Å². The van der Waals surface area contributed by atoms with E-state index in [1.165, 1.54) is 44.2 Å². The normalized spacial score (nSPS) is 11.2. The molecule has 20 aromatic rings. The van der Waals surface area contributed by atoms with Crippen molar-refractivity contribution >= 4 is 43.4 Å². The Balaban J connectivity index is 0.000000151. The topological polar surface area (TPSA) is 90.2 Å². The molecule has 0 fully saturated rings. The highest BCUT2D eigenvalue weighted by Gasteiger charge is 2.22. The second kappa shape index (κ2) is 30.3. The van der Waals surface area contributed by atoms with Gasteiger partial charge in [-0.1, -0.05) is 340 Å². The Labute approximate surface area is 650 Å². The van der Waals surface area contributed by atoms with Crippen LogP contribution in [-0.4, -0.2) is 34.9 Å². The quantitative estimate of drug-likeness (QED) is 0.100. The molecule has 6 heterocycles. The molecular formula is C105H69N7. The molecule has 0 N–H and O–H groups in total. The van der Waals surface area contributed by atoms with Crippen LogP contribution < -0.4 is 0 Å². The molecule has 7 nitrogen and oxygen atoms in total. The van der Waals surface area contributed by atoms with Crippen LogP contribution in [0.5, 0.6) is 0 Å². The van der Waals surface area contributed by atoms with Gasteiger partial charge in [-0.3, -0.25) is 9.97 Å². The Kier molecular flexibility index (Phi) is 18.3. The zero-order chi connectivity index (χ0) is 74.5. The van der Waals surface area contributed by atoms with Crippen molar-refractivity contribution in [3.63, 3.8) is 0 Å². The van der Waals surface area contributed by atoms with Gasteiger partial charge >= 0.3 is 0 Å². The van der Waals surface area contributed by atoms with E-state index in [4.69, 9.17) is 24.9 Å². The van der Waals surface area contributed by atoms with E-state index < -0.39 is 0 Å². The number of hydrogen-bond acceptors (Lipinski definition) is 7. The summed E-state index contributed by atoms with van der Waals surface area (Å²) >= 11 is 0. The molecule has 524 valence electrons. The first-order valence-corrected chi connectivity index (χ1v) is 37.7. The zero-order valence-corrected chi connectivity index (χ0v) is 61.0. The van der Waals surface area contributed by atoms with Crippen LogP contribution in [0.1, 0.15) is 0 Å². The maximum absolute atomic E-state index is 5.33. The summed E-state index contributed by atoms with van der Waals surface area (Å²) in [5.41, 5.74) is 30.4. The Morgan fingerprint density at radius 2 is 0.482 bits per heavy atom. The van der Waals surface area contributed by atoms with E-state index >= 15 is 0 Å². The lowest BCUT2D eigenvalue weighted by atomic mass is 9.89. The van der Waals surface area contributed by atoms with Gasteiger partial charge in [-0.05, 0) is 145 Å². The van der Waals surface area contributed by atoms with Crippen LogP contribution in [0.25, 0.3) is 200 Å². The maximum atomic E-state index is 5.33. The molecule has 0 saturated carbocycles. The first-order chi connectivity index (χ1) is 55.5. The number of fused-ring (bicyclic) bond motifs is 6. The van der Waals surface area contributed by atoms with Crippen LogP contribution in [0.2, 0.25) is 0 Å². The molecule has 0 amide bonds. The third kappa shape index (κ3) is 13.5. The largest absolute Gasteiger partial charge is 0.255 e. The third-order valence-corrected chi connectivity index (χ3v) is 20.9. The van der Waals surface area contributed by atoms with Crippen LogP contribution in [0.15, 0.2) is 419 Å². The highest BCUT2D eigenvalue weighted by molar-refractivity contribution is 6.19. The van der Waals surface area contributed by atoms with E-state index in [1.54, 1.807) is 12.4 Å². The molecule has 7 heteroatoms. The van der Waals surface area contributed by atoms with Gasteiger partial charge in [0.25, 0.3) is 0 Å². The van der Waals surface area contributed by atoms with Crippen molar-refractivity contribution in [1.29, 1.82) is 0 Å². The summed E-state index contributed by atoms with van der Waals surface area (Å²) in [4.78, 5) is 34.8. The summed E-state index contributed by atoms with van der Waals surface area (Å²) in [5, 5.41) is 6.95. The number of pyridine rings is 5. The average molecular weight is 1430 g/mol. The van der Waals surface area contributed by atoms with Crippen LogP contribution in [0, 0.1) is 0 Å². The fraction of sp³-hybridized carbons (Fsp3) is 0. The second-order valence-electron chi connectivity index (χ2n) is 27.8. The lowest BCUT2D eigenvalue weighted by molar-refractivity contribution is 1.18. The Morgan fingerprint density at radius 3 is 0.929 bits per heavy atom. The summed E-state index contributed by atoms with van der Waals surface area (Å²) in [7, 11) is 0. The van der Waals surface area contributed by atoms with Crippen LogP contribution >= 0.6 is 0 Å². The number of hydrogen-bond donors (Lipinski definition) is 0. The fourth-order valence-electron chi connectivity index (χ4n) is 15.5. The lowest BCUT2D eigenvalue weighted by Gasteiger charge is -2.17. The molecule has 0 saturated heterocycles. The molecule has 0 unspecified atom stereocenters. The molecular weight excluding hydrogens is 1360 g/mol. The van der Waals surface area contributed by atoms with Gasteiger partial charge in [-0.2, -0.15) is 0 Å². The molecule has 6 aromatic heterocycles. The first kappa shape index (κ1) is 67.5. The second-order valence-corrected chi connectivity index (χ2v) is 27.8. The van der Waals surface area contributed by atoms with Crippen molar-refractivity contribution in [1.82, 2.24) is 34.9 Å².